The van der Waals surface area contributed by atoms with Crippen molar-refractivity contribution in [1.82, 2.24) is 0 Å². The van der Waals surface area contributed by atoms with Crippen LogP contribution in [-0.2, 0) is 4.79 Å². The summed E-state index contributed by atoms with van der Waals surface area (Å²) >= 11 is 0. The molecular weight excluding hydrogens is 312 g/mol. The van der Waals surface area contributed by atoms with Crippen LogP contribution in [0, 0.1) is 34.5 Å². The first-order valence-electron chi connectivity index (χ1n) is 8.66. The SMILES string of the molecule is N#CC=CC=CCCC1CCC(C(=O)Oc2ccc(C#N)cc2)CC1. The van der Waals surface area contributed by atoms with Crippen molar-refractivity contribution in [1.29, 1.82) is 10.5 Å². The van der Waals surface area contributed by atoms with Gasteiger partial charge >= 0.3 is 5.97 Å². The molecule has 0 amide bonds. The molecule has 2 rings (SSSR count). The Morgan fingerprint density at radius 3 is 2.48 bits per heavy atom. The highest BCUT2D eigenvalue weighted by Crippen LogP contribution is 2.32. The third-order valence-corrected chi connectivity index (χ3v) is 4.54. The summed E-state index contributed by atoms with van der Waals surface area (Å²) in [6, 6.07) is 10.6. The average molecular weight is 334 g/mol. The molecule has 0 heterocycles. The molecule has 0 unspecified atom stereocenters. The third kappa shape index (κ3) is 6.28. The molecule has 0 saturated heterocycles. The van der Waals surface area contributed by atoms with Gasteiger partial charge in [0, 0.05) is 6.08 Å². The van der Waals surface area contributed by atoms with E-state index in [1.54, 1.807) is 30.3 Å². The van der Waals surface area contributed by atoms with Crippen molar-refractivity contribution in [2.45, 2.75) is 38.5 Å². The minimum absolute atomic E-state index is 0.0269. The second-order valence-electron chi connectivity index (χ2n) is 6.27. The normalized spacial score (nSPS) is 20.2. The van der Waals surface area contributed by atoms with Crippen molar-refractivity contribution in [3.63, 3.8) is 0 Å². The molecule has 4 nitrogen and oxygen atoms in total. The molecule has 0 aromatic heterocycles. The summed E-state index contributed by atoms with van der Waals surface area (Å²) < 4.78 is 5.43. The molecule has 1 aromatic rings. The van der Waals surface area contributed by atoms with E-state index in [1.807, 2.05) is 18.2 Å². The molecular formula is C21H22N2O2. The topological polar surface area (TPSA) is 73.9 Å². The van der Waals surface area contributed by atoms with Gasteiger partial charge in [0.2, 0.25) is 0 Å². The minimum Gasteiger partial charge on any atom is -0.426 e. The van der Waals surface area contributed by atoms with Gasteiger partial charge in [0.1, 0.15) is 5.75 Å². The number of hydrogen-bond donors (Lipinski definition) is 0. The Morgan fingerprint density at radius 2 is 1.84 bits per heavy atom. The van der Waals surface area contributed by atoms with E-state index < -0.39 is 0 Å². The maximum absolute atomic E-state index is 12.3. The smallest absolute Gasteiger partial charge is 0.314 e. The van der Waals surface area contributed by atoms with Crippen molar-refractivity contribution in [3.05, 3.63) is 54.1 Å². The number of carbonyl (C=O) groups is 1. The maximum Gasteiger partial charge on any atom is 0.314 e. The highest BCUT2D eigenvalue weighted by Gasteiger charge is 2.27. The number of ether oxygens (including phenoxy) is 1. The van der Waals surface area contributed by atoms with Crippen LogP contribution in [0.4, 0.5) is 0 Å². The van der Waals surface area contributed by atoms with Crippen LogP contribution in [0.3, 0.4) is 0 Å². The van der Waals surface area contributed by atoms with Crippen molar-refractivity contribution in [2.75, 3.05) is 0 Å². The van der Waals surface area contributed by atoms with Crippen molar-refractivity contribution >= 4 is 5.97 Å². The fourth-order valence-corrected chi connectivity index (χ4v) is 3.09. The van der Waals surface area contributed by atoms with Gasteiger partial charge in [0.05, 0.1) is 23.6 Å². The van der Waals surface area contributed by atoms with Crippen LogP contribution >= 0.6 is 0 Å². The van der Waals surface area contributed by atoms with E-state index in [2.05, 4.69) is 6.08 Å². The number of esters is 1. The Labute approximate surface area is 149 Å². The molecule has 4 heteroatoms. The van der Waals surface area contributed by atoms with Crippen LogP contribution in [-0.4, -0.2) is 5.97 Å². The molecule has 25 heavy (non-hydrogen) atoms. The van der Waals surface area contributed by atoms with Gasteiger partial charge in [-0.2, -0.15) is 10.5 Å². The quantitative estimate of drug-likeness (QED) is 0.327. The summed E-state index contributed by atoms with van der Waals surface area (Å²) in [5.74, 6) is 0.968. The van der Waals surface area contributed by atoms with Crippen LogP contribution in [0.25, 0.3) is 0 Å². The largest absolute Gasteiger partial charge is 0.426 e. The molecule has 1 saturated carbocycles. The highest BCUT2D eigenvalue weighted by molar-refractivity contribution is 5.75. The van der Waals surface area contributed by atoms with E-state index in [0.717, 1.165) is 38.5 Å². The number of nitrogens with zero attached hydrogens (tertiary/aromatic N) is 2. The van der Waals surface area contributed by atoms with E-state index >= 15 is 0 Å². The van der Waals surface area contributed by atoms with Crippen LogP contribution in [0.5, 0.6) is 5.75 Å². The Bertz CT molecular complexity index is 697. The number of benzene rings is 1. The first-order valence-corrected chi connectivity index (χ1v) is 8.66. The summed E-state index contributed by atoms with van der Waals surface area (Å²) in [5.41, 5.74) is 0.553. The minimum atomic E-state index is -0.162. The molecule has 0 aliphatic heterocycles. The van der Waals surface area contributed by atoms with Gasteiger partial charge in [0.25, 0.3) is 0 Å². The lowest BCUT2D eigenvalue weighted by Crippen LogP contribution is -2.25. The van der Waals surface area contributed by atoms with Gasteiger partial charge in [-0.25, -0.2) is 0 Å². The predicted molar refractivity (Wildman–Crippen MR) is 95.4 cm³/mol. The van der Waals surface area contributed by atoms with Crippen LogP contribution in [0.15, 0.2) is 48.6 Å². The third-order valence-electron chi connectivity index (χ3n) is 4.54. The average Bonchev–Trinajstić information content (AvgIpc) is 2.65. The first-order chi connectivity index (χ1) is 12.2. The lowest BCUT2D eigenvalue weighted by molar-refractivity contribution is -0.140. The summed E-state index contributed by atoms with van der Waals surface area (Å²) in [7, 11) is 0. The zero-order valence-electron chi connectivity index (χ0n) is 14.2. The van der Waals surface area contributed by atoms with Crippen LogP contribution in [0.2, 0.25) is 0 Å². The van der Waals surface area contributed by atoms with E-state index in [-0.39, 0.29) is 11.9 Å². The molecule has 0 atom stereocenters. The zero-order valence-corrected chi connectivity index (χ0v) is 14.2. The number of carbonyl (C=O) groups excluding carboxylic acids is 1. The van der Waals surface area contributed by atoms with Gasteiger partial charge in [-0.3, -0.25) is 4.79 Å². The van der Waals surface area contributed by atoms with E-state index in [4.69, 9.17) is 15.3 Å². The van der Waals surface area contributed by atoms with Crippen molar-refractivity contribution in [2.24, 2.45) is 11.8 Å². The molecule has 0 radical (unpaired) electrons. The van der Waals surface area contributed by atoms with Crippen LogP contribution < -0.4 is 4.74 Å². The maximum atomic E-state index is 12.3. The highest BCUT2D eigenvalue weighted by atomic mass is 16.5. The van der Waals surface area contributed by atoms with E-state index in [9.17, 15) is 4.79 Å². The molecule has 1 fully saturated rings. The van der Waals surface area contributed by atoms with Crippen molar-refractivity contribution < 1.29 is 9.53 Å². The monoisotopic (exact) mass is 334 g/mol. The number of nitriles is 2. The molecule has 0 N–H and O–H groups in total. The molecule has 0 bridgehead atoms. The second kappa shape index (κ2) is 10.1. The molecule has 1 aliphatic carbocycles. The van der Waals surface area contributed by atoms with Crippen LogP contribution in [0.1, 0.15) is 44.1 Å². The number of rotatable bonds is 6. The molecule has 1 aliphatic rings. The molecule has 0 spiro atoms. The Kier molecular flexibility index (Phi) is 7.47. The van der Waals surface area contributed by atoms with Gasteiger partial charge in [-0.1, -0.05) is 18.2 Å². The summed E-state index contributed by atoms with van der Waals surface area (Å²) in [4.78, 5) is 12.3. The number of hydrogen-bond acceptors (Lipinski definition) is 4. The van der Waals surface area contributed by atoms with Gasteiger partial charge < -0.3 is 4.74 Å². The Balaban J connectivity index is 1.71. The summed E-state index contributed by atoms with van der Waals surface area (Å²) in [6.45, 7) is 0. The van der Waals surface area contributed by atoms with Gasteiger partial charge in [-0.05, 0) is 68.7 Å². The fourth-order valence-electron chi connectivity index (χ4n) is 3.09. The van der Waals surface area contributed by atoms with Gasteiger partial charge in [0.15, 0.2) is 0 Å². The second-order valence-corrected chi connectivity index (χ2v) is 6.27. The molecule has 128 valence electrons. The zero-order chi connectivity index (χ0) is 17.9. The van der Waals surface area contributed by atoms with Crippen molar-refractivity contribution in [3.8, 4) is 17.9 Å². The fraction of sp³-hybridized carbons (Fsp3) is 0.381. The lowest BCUT2D eigenvalue weighted by Gasteiger charge is -2.26. The predicted octanol–water partition coefficient (Wildman–Crippen LogP) is 4.69. The Morgan fingerprint density at radius 1 is 1.12 bits per heavy atom. The summed E-state index contributed by atoms with van der Waals surface area (Å²) in [5, 5.41) is 17.2. The molecule has 1 aromatic carbocycles. The first kappa shape index (κ1) is 18.5. The lowest BCUT2D eigenvalue weighted by atomic mass is 9.80. The van der Waals surface area contributed by atoms with E-state index in [0.29, 0.717) is 17.2 Å². The van der Waals surface area contributed by atoms with Gasteiger partial charge in [-0.15, -0.1) is 0 Å². The van der Waals surface area contributed by atoms with E-state index in [1.165, 1.54) is 6.08 Å². The number of allylic oxidation sites excluding steroid dienone is 4. The summed E-state index contributed by atoms with van der Waals surface area (Å²) in [6.07, 6.45) is 13.2. The Hall–Kier alpha value is -2.85. The standard InChI is InChI=1S/C21H22N2O2/c22-15-5-3-1-2-4-6-17-7-11-19(12-8-17)21(24)25-20-13-9-18(16-23)10-14-20/h1-3,5,9-10,13-14,17,19H,4,6-8,11-12H2.